The number of thiazole rings is 1. The molecule has 0 bridgehead atoms. The maximum Gasteiger partial charge on any atom is 0.165 e. The van der Waals surface area contributed by atoms with Crippen LogP contribution in [-0.2, 0) is 0 Å². The molecule has 140 valence electrons. The smallest absolute Gasteiger partial charge is 0.165 e. The average molecular weight is 392 g/mol. The molecule has 1 aliphatic rings. The largest absolute Gasteiger partial charge is 0.507 e. The summed E-state index contributed by atoms with van der Waals surface area (Å²) in [6.45, 7) is 0.813. The summed E-state index contributed by atoms with van der Waals surface area (Å²) >= 11 is 1.62. The van der Waals surface area contributed by atoms with Gasteiger partial charge in [0.2, 0.25) is 0 Å². The molecule has 28 heavy (non-hydrogen) atoms. The van der Waals surface area contributed by atoms with Gasteiger partial charge in [-0.2, -0.15) is 0 Å². The van der Waals surface area contributed by atoms with Crippen LogP contribution in [0.15, 0.2) is 54.0 Å². The second-order valence-corrected chi connectivity index (χ2v) is 7.70. The van der Waals surface area contributed by atoms with E-state index in [4.69, 9.17) is 4.98 Å². The first-order chi connectivity index (χ1) is 13.7. The Morgan fingerprint density at radius 3 is 2.86 bits per heavy atom. The SMILES string of the molecule is Oc1ccccc1-c1nc(N2CCCC2c2nccs2)c2cc(F)ccc2n1. The molecular weight excluding hydrogens is 375 g/mol. The second-order valence-electron chi connectivity index (χ2n) is 6.77. The number of phenols is 1. The Kier molecular flexibility index (Phi) is 4.16. The Hall–Kier alpha value is -3.06. The molecule has 1 saturated heterocycles. The van der Waals surface area contributed by atoms with Crippen LogP contribution in [0.4, 0.5) is 10.2 Å². The molecule has 5 nitrogen and oxygen atoms in total. The molecule has 0 radical (unpaired) electrons. The Morgan fingerprint density at radius 2 is 2.04 bits per heavy atom. The highest BCUT2D eigenvalue weighted by molar-refractivity contribution is 7.09. The van der Waals surface area contributed by atoms with Crippen molar-refractivity contribution in [3.63, 3.8) is 0 Å². The summed E-state index contributed by atoms with van der Waals surface area (Å²) in [6.07, 6.45) is 3.79. The first-order valence-corrected chi connectivity index (χ1v) is 10.0. The van der Waals surface area contributed by atoms with E-state index in [1.807, 2.05) is 17.6 Å². The van der Waals surface area contributed by atoms with E-state index >= 15 is 0 Å². The van der Waals surface area contributed by atoms with Crippen molar-refractivity contribution in [1.82, 2.24) is 15.0 Å². The molecule has 1 aliphatic heterocycles. The highest BCUT2D eigenvalue weighted by Gasteiger charge is 2.31. The van der Waals surface area contributed by atoms with E-state index in [0.29, 0.717) is 28.1 Å². The number of nitrogens with zero attached hydrogens (tertiary/aromatic N) is 4. The number of rotatable bonds is 3. The summed E-state index contributed by atoms with van der Waals surface area (Å²) in [7, 11) is 0. The highest BCUT2D eigenvalue weighted by Crippen LogP contribution is 2.40. The predicted octanol–water partition coefficient (Wildman–Crippen LogP) is 4.94. The van der Waals surface area contributed by atoms with E-state index in [1.165, 1.54) is 12.1 Å². The number of halogens is 1. The van der Waals surface area contributed by atoms with Crippen LogP contribution in [0, 0.1) is 5.82 Å². The Balaban J connectivity index is 1.72. The fourth-order valence-electron chi connectivity index (χ4n) is 3.76. The van der Waals surface area contributed by atoms with Crippen molar-refractivity contribution in [2.24, 2.45) is 0 Å². The molecule has 0 amide bonds. The van der Waals surface area contributed by atoms with E-state index in [9.17, 15) is 9.50 Å². The van der Waals surface area contributed by atoms with Crippen molar-refractivity contribution in [3.05, 3.63) is 64.9 Å². The maximum atomic E-state index is 14.0. The van der Waals surface area contributed by atoms with Gasteiger partial charge < -0.3 is 10.0 Å². The number of fused-ring (bicyclic) bond motifs is 1. The lowest BCUT2D eigenvalue weighted by Crippen LogP contribution is -2.24. The fourth-order valence-corrected chi connectivity index (χ4v) is 4.55. The predicted molar refractivity (Wildman–Crippen MR) is 108 cm³/mol. The Bertz CT molecular complexity index is 1150. The van der Waals surface area contributed by atoms with Gasteiger partial charge in [-0.1, -0.05) is 12.1 Å². The third kappa shape index (κ3) is 2.88. The minimum absolute atomic E-state index is 0.110. The number of hydrogen-bond donors (Lipinski definition) is 1. The Labute approximate surface area is 165 Å². The lowest BCUT2D eigenvalue weighted by atomic mass is 10.1. The average Bonchev–Trinajstić information content (AvgIpc) is 3.39. The normalized spacial score (nSPS) is 16.8. The Morgan fingerprint density at radius 1 is 1.14 bits per heavy atom. The zero-order valence-electron chi connectivity index (χ0n) is 14.9. The summed E-state index contributed by atoms with van der Waals surface area (Å²) < 4.78 is 14.0. The van der Waals surface area contributed by atoms with Crippen LogP contribution in [0.1, 0.15) is 23.9 Å². The van der Waals surface area contributed by atoms with Gasteiger partial charge in [0.15, 0.2) is 5.82 Å². The summed E-state index contributed by atoms with van der Waals surface area (Å²) in [6, 6.07) is 11.6. The first-order valence-electron chi connectivity index (χ1n) is 9.12. The van der Waals surface area contributed by atoms with Gasteiger partial charge in [-0.3, -0.25) is 0 Å². The van der Waals surface area contributed by atoms with Crippen molar-refractivity contribution in [2.75, 3.05) is 11.4 Å². The topological polar surface area (TPSA) is 62.1 Å². The standard InChI is InChI=1S/C21H17FN4OS/c22-13-7-8-16-15(12-13)20(25-19(24-16)14-4-1-2-6-18(14)27)26-10-3-5-17(26)21-23-9-11-28-21/h1-2,4,6-9,11-12,17,27H,3,5,10H2. The molecule has 0 spiro atoms. The monoisotopic (exact) mass is 392 g/mol. The minimum atomic E-state index is -0.322. The van der Waals surface area contributed by atoms with Crippen LogP contribution in [0.5, 0.6) is 5.75 Å². The van der Waals surface area contributed by atoms with Crippen molar-refractivity contribution in [2.45, 2.75) is 18.9 Å². The summed E-state index contributed by atoms with van der Waals surface area (Å²) in [5.41, 5.74) is 1.20. The molecule has 3 heterocycles. The molecule has 2 aromatic carbocycles. The first kappa shape index (κ1) is 17.1. The van der Waals surface area contributed by atoms with E-state index < -0.39 is 0 Å². The lowest BCUT2D eigenvalue weighted by molar-refractivity contribution is 0.477. The molecule has 2 aromatic heterocycles. The minimum Gasteiger partial charge on any atom is -0.507 e. The van der Waals surface area contributed by atoms with Gasteiger partial charge in [0.05, 0.1) is 17.1 Å². The lowest BCUT2D eigenvalue weighted by Gasteiger charge is -2.26. The number of phenolic OH excluding ortho intramolecular Hbond substituents is 1. The van der Waals surface area contributed by atoms with Crippen LogP contribution in [0.3, 0.4) is 0 Å². The van der Waals surface area contributed by atoms with Gasteiger partial charge >= 0.3 is 0 Å². The van der Waals surface area contributed by atoms with Gasteiger partial charge in [-0.15, -0.1) is 11.3 Å². The van der Waals surface area contributed by atoms with Crippen LogP contribution < -0.4 is 4.90 Å². The molecule has 0 aliphatic carbocycles. The number of para-hydroxylation sites is 1. The van der Waals surface area contributed by atoms with Crippen LogP contribution in [0.2, 0.25) is 0 Å². The van der Waals surface area contributed by atoms with Gasteiger partial charge in [0.25, 0.3) is 0 Å². The molecule has 7 heteroatoms. The third-order valence-electron chi connectivity index (χ3n) is 5.04. The highest BCUT2D eigenvalue weighted by atomic mass is 32.1. The van der Waals surface area contributed by atoms with Crippen molar-refractivity contribution in [1.29, 1.82) is 0 Å². The number of anilines is 1. The molecule has 4 aromatic rings. The van der Waals surface area contributed by atoms with Crippen LogP contribution in [-0.4, -0.2) is 26.6 Å². The second kappa shape index (κ2) is 6.83. The van der Waals surface area contributed by atoms with Crippen LogP contribution >= 0.6 is 11.3 Å². The van der Waals surface area contributed by atoms with Gasteiger partial charge in [-0.05, 0) is 43.2 Å². The molecule has 1 fully saturated rings. The molecular formula is C21H17FN4OS. The van der Waals surface area contributed by atoms with E-state index in [0.717, 1.165) is 24.4 Å². The molecule has 1 unspecified atom stereocenters. The maximum absolute atomic E-state index is 14.0. The van der Waals surface area contributed by atoms with Crippen molar-refractivity contribution < 1.29 is 9.50 Å². The summed E-state index contributed by atoms with van der Waals surface area (Å²) in [5, 5.41) is 13.9. The number of benzene rings is 2. The fraction of sp³-hybridized carbons (Fsp3) is 0.190. The summed E-state index contributed by atoms with van der Waals surface area (Å²) in [4.78, 5) is 16.0. The molecule has 1 atom stereocenters. The van der Waals surface area contributed by atoms with E-state index in [-0.39, 0.29) is 17.6 Å². The van der Waals surface area contributed by atoms with E-state index in [2.05, 4.69) is 14.9 Å². The third-order valence-corrected chi connectivity index (χ3v) is 5.92. The zero-order valence-corrected chi connectivity index (χ0v) is 15.7. The van der Waals surface area contributed by atoms with Gasteiger partial charge in [0, 0.05) is 23.5 Å². The quantitative estimate of drug-likeness (QED) is 0.535. The molecule has 5 rings (SSSR count). The van der Waals surface area contributed by atoms with Crippen molar-refractivity contribution in [3.8, 4) is 17.1 Å². The molecule has 0 saturated carbocycles. The van der Waals surface area contributed by atoms with Crippen molar-refractivity contribution >= 4 is 28.1 Å². The molecule has 1 N–H and O–H groups in total. The summed E-state index contributed by atoms with van der Waals surface area (Å²) in [5.74, 6) is 0.905. The van der Waals surface area contributed by atoms with E-state index in [1.54, 1.807) is 35.6 Å². The van der Waals surface area contributed by atoms with Crippen LogP contribution in [0.25, 0.3) is 22.3 Å². The number of aromatic nitrogens is 3. The van der Waals surface area contributed by atoms with Gasteiger partial charge in [-0.25, -0.2) is 19.3 Å². The van der Waals surface area contributed by atoms with Gasteiger partial charge in [0.1, 0.15) is 22.4 Å². The number of aromatic hydroxyl groups is 1. The number of hydrogen-bond acceptors (Lipinski definition) is 6. The zero-order chi connectivity index (χ0) is 19.1.